The van der Waals surface area contributed by atoms with E-state index in [0.717, 1.165) is 31.7 Å². The average molecular weight is 374 g/mol. The van der Waals surface area contributed by atoms with E-state index in [0.29, 0.717) is 0 Å². The van der Waals surface area contributed by atoms with Crippen LogP contribution in [-0.4, -0.2) is 23.1 Å². The van der Waals surface area contributed by atoms with Gasteiger partial charge in [-0.1, -0.05) is 65.9 Å². The lowest BCUT2D eigenvalue weighted by atomic mass is 10.1. The van der Waals surface area contributed by atoms with E-state index in [1.54, 1.807) is 13.1 Å². The number of nitrogens with one attached hydrogen (secondary N) is 2. The fraction of sp³-hybridized carbons (Fsp3) is 0.0952. The summed E-state index contributed by atoms with van der Waals surface area (Å²) in [6, 6.07) is 21.5. The second-order valence-corrected chi connectivity index (χ2v) is 7.19. The number of carbonyl (C=O) groups excluding carboxylic acids is 1. The molecule has 6 heteroatoms. The van der Waals surface area contributed by atoms with Gasteiger partial charge >= 0.3 is 0 Å². The number of para-hydroxylation sites is 1. The first kappa shape index (κ1) is 17.2. The van der Waals surface area contributed by atoms with Crippen molar-refractivity contribution in [1.82, 2.24) is 10.4 Å². The highest BCUT2D eigenvalue weighted by Gasteiger charge is 2.14. The van der Waals surface area contributed by atoms with Crippen LogP contribution in [0.25, 0.3) is 21.0 Å². The summed E-state index contributed by atoms with van der Waals surface area (Å²) in [7, 11) is 0. The lowest BCUT2D eigenvalue weighted by molar-refractivity contribution is -0.121. The lowest BCUT2D eigenvalue weighted by Crippen LogP contribution is -2.34. The summed E-state index contributed by atoms with van der Waals surface area (Å²) in [5, 5.41) is 10.2. The first-order valence-electron chi connectivity index (χ1n) is 8.63. The molecule has 0 saturated carbocycles. The Bertz CT molecular complexity index is 1100. The molecule has 4 aromatic rings. The largest absolute Gasteiger partial charge is 0.350 e. The van der Waals surface area contributed by atoms with Crippen LogP contribution in [0.4, 0.5) is 5.13 Å². The Morgan fingerprint density at radius 1 is 1.07 bits per heavy atom. The van der Waals surface area contributed by atoms with Crippen LogP contribution in [0, 0.1) is 0 Å². The van der Waals surface area contributed by atoms with Crippen molar-refractivity contribution >= 4 is 49.6 Å². The minimum absolute atomic E-state index is 0.217. The highest BCUT2D eigenvalue weighted by Crippen LogP contribution is 2.25. The summed E-state index contributed by atoms with van der Waals surface area (Å²) in [5.41, 5.74) is 4.48. The van der Waals surface area contributed by atoms with Gasteiger partial charge in [0.1, 0.15) is 6.04 Å². The second-order valence-electron chi connectivity index (χ2n) is 6.16. The molecule has 0 radical (unpaired) electrons. The van der Waals surface area contributed by atoms with Gasteiger partial charge in [0.05, 0.1) is 16.4 Å². The van der Waals surface area contributed by atoms with Gasteiger partial charge in [-0.25, -0.2) is 10.4 Å². The van der Waals surface area contributed by atoms with E-state index in [1.165, 1.54) is 11.3 Å². The van der Waals surface area contributed by atoms with Gasteiger partial charge in [-0.05, 0) is 29.8 Å². The van der Waals surface area contributed by atoms with E-state index in [1.807, 2.05) is 54.6 Å². The molecule has 3 aromatic carbocycles. The van der Waals surface area contributed by atoms with E-state index >= 15 is 0 Å². The fourth-order valence-electron chi connectivity index (χ4n) is 2.81. The zero-order valence-electron chi connectivity index (χ0n) is 14.7. The highest BCUT2D eigenvalue weighted by atomic mass is 32.1. The third-order valence-electron chi connectivity index (χ3n) is 4.23. The minimum Gasteiger partial charge on any atom is -0.350 e. The molecular weight excluding hydrogens is 356 g/mol. The Labute approximate surface area is 160 Å². The van der Waals surface area contributed by atoms with Crippen LogP contribution in [0.2, 0.25) is 0 Å². The first-order valence-corrected chi connectivity index (χ1v) is 9.45. The summed E-state index contributed by atoms with van der Waals surface area (Å²) in [4.78, 5) is 16.8. The van der Waals surface area contributed by atoms with Crippen molar-refractivity contribution in [2.24, 2.45) is 5.10 Å². The van der Waals surface area contributed by atoms with E-state index in [4.69, 9.17) is 0 Å². The van der Waals surface area contributed by atoms with Crippen LogP contribution in [-0.2, 0) is 4.79 Å². The van der Waals surface area contributed by atoms with Crippen LogP contribution in [0.3, 0.4) is 0 Å². The standard InChI is InChI=1S/C21H18N4OS/c1-14(23-21-24-18-11-4-5-12-19(18)27-21)20(26)25-22-13-16-9-6-8-15-7-2-3-10-17(15)16/h2-14H,1H3,(H,23,24)(H,25,26)/b22-13-/t14-/m1/s1. The molecule has 27 heavy (non-hydrogen) atoms. The topological polar surface area (TPSA) is 66.4 Å². The number of hydrogen-bond acceptors (Lipinski definition) is 5. The molecule has 0 spiro atoms. The highest BCUT2D eigenvalue weighted by molar-refractivity contribution is 7.22. The number of benzene rings is 3. The predicted molar refractivity (Wildman–Crippen MR) is 112 cm³/mol. The molecule has 0 aliphatic heterocycles. The Morgan fingerprint density at radius 3 is 2.74 bits per heavy atom. The van der Waals surface area contributed by atoms with Crippen molar-refractivity contribution < 1.29 is 4.79 Å². The van der Waals surface area contributed by atoms with Crippen LogP contribution < -0.4 is 10.7 Å². The third kappa shape index (κ3) is 3.80. The fourth-order valence-corrected chi connectivity index (χ4v) is 3.76. The number of aromatic nitrogens is 1. The number of nitrogens with zero attached hydrogens (tertiary/aromatic N) is 2. The van der Waals surface area contributed by atoms with Gasteiger partial charge in [0.15, 0.2) is 5.13 Å². The van der Waals surface area contributed by atoms with Crippen LogP contribution in [0.5, 0.6) is 0 Å². The molecule has 0 aliphatic carbocycles. The quantitative estimate of drug-likeness (QED) is 0.402. The average Bonchev–Trinajstić information content (AvgIpc) is 3.10. The first-order chi connectivity index (χ1) is 13.2. The molecule has 1 heterocycles. The van der Waals surface area contributed by atoms with Crippen molar-refractivity contribution in [3.05, 3.63) is 72.3 Å². The summed E-state index contributed by atoms with van der Waals surface area (Å²) < 4.78 is 1.08. The normalized spacial score (nSPS) is 12.5. The summed E-state index contributed by atoms with van der Waals surface area (Å²) >= 11 is 1.52. The van der Waals surface area contributed by atoms with Crippen molar-refractivity contribution in [2.45, 2.75) is 13.0 Å². The van der Waals surface area contributed by atoms with Crippen molar-refractivity contribution in [1.29, 1.82) is 0 Å². The Morgan fingerprint density at radius 2 is 1.85 bits per heavy atom. The SMILES string of the molecule is C[C@@H](Nc1nc2ccccc2s1)C(=O)N/N=C\c1cccc2ccccc12. The maximum Gasteiger partial charge on any atom is 0.262 e. The summed E-state index contributed by atoms with van der Waals surface area (Å²) in [6.45, 7) is 1.79. The van der Waals surface area contributed by atoms with E-state index in [2.05, 4.69) is 33.0 Å². The van der Waals surface area contributed by atoms with E-state index in [-0.39, 0.29) is 5.91 Å². The monoisotopic (exact) mass is 374 g/mol. The Kier molecular flexibility index (Phi) is 4.80. The molecular formula is C21H18N4OS. The number of carbonyl (C=O) groups is 1. The maximum absolute atomic E-state index is 12.3. The number of hydrogen-bond donors (Lipinski definition) is 2. The van der Waals surface area contributed by atoms with Crippen molar-refractivity contribution in [3.63, 3.8) is 0 Å². The van der Waals surface area contributed by atoms with Gasteiger partial charge in [-0.15, -0.1) is 0 Å². The molecule has 1 atom stereocenters. The van der Waals surface area contributed by atoms with Gasteiger partial charge in [0, 0.05) is 5.56 Å². The van der Waals surface area contributed by atoms with E-state index < -0.39 is 6.04 Å². The molecule has 4 rings (SSSR count). The zero-order chi connectivity index (χ0) is 18.6. The van der Waals surface area contributed by atoms with Gasteiger partial charge in [0.2, 0.25) is 0 Å². The van der Waals surface area contributed by atoms with Gasteiger partial charge in [0.25, 0.3) is 5.91 Å². The number of thiazole rings is 1. The molecule has 134 valence electrons. The molecule has 0 aliphatic rings. The van der Waals surface area contributed by atoms with Crippen LogP contribution in [0.15, 0.2) is 71.8 Å². The number of fused-ring (bicyclic) bond motifs is 2. The predicted octanol–water partition coefficient (Wildman–Crippen LogP) is 4.40. The molecule has 0 fully saturated rings. The van der Waals surface area contributed by atoms with Crippen LogP contribution >= 0.6 is 11.3 Å². The molecule has 5 nitrogen and oxygen atoms in total. The third-order valence-corrected chi connectivity index (χ3v) is 5.20. The maximum atomic E-state index is 12.3. The molecule has 1 amide bonds. The zero-order valence-corrected chi connectivity index (χ0v) is 15.5. The van der Waals surface area contributed by atoms with Gasteiger partial charge in [-0.3, -0.25) is 4.79 Å². The summed E-state index contributed by atoms with van der Waals surface area (Å²) in [5.74, 6) is -0.217. The minimum atomic E-state index is -0.449. The van der Waals surface area contributed by atoms with E-state index in [9.17, 15) is 4.79 Å². The molecule has 0 saturated heterocycles. The smallest absolute Gasteiger partial charge is 0.262 e. The number of anilines is 1. The lowest BCUT2D eigenvalue weighted by Gasteiger charge is -2.10. The Hall–Kier alpha value is -3.25. The number of hydrazone groups is 1. The molecule has 1 aromatic heterocycles. The van der Waals surface area contributed by atoms with Crippen molar-refractivity contribution in [2.75, 3.05) is 5.32 Å². The molecule has 2 N–H and O–H groups in total. The van der Waals surface area contributed by atoms with Gasteiger partial charge in [-0.2, -0.15) is 5.10 Å². The van der Waals surface area contributed by atoms with Gasteiger partial charge < -0.3 is 5.32 Å². The Balaban J connectivity index is 1.41. The molecule has 0 bridgehead atoms. The number of amides is 1. The molecule has 0 unspecified atom stereocenters. The van der Waals surface area contributed by atoms with Crippen LogP contribution in [0.1, 0.15) is 12.5 Å². The second kappa shape index (κ2) is 7.55. The van der Waals surface area contributed by atoms with Crippen molar-refractivity contribution in [3.8, 4) is 0 Å². The number of rotatable bonds is 5. The summed E-state index contributed by atoms with van der Waals surface area (Å²) in [6.07, 6.45) is 1.67.